The van der Waals surface area contributed by atoms with Crippen molar-refractivity contribution >= 4 is 23.5 Å². The summed E-state index contributed by atoms with van der Waals surface area (Å²) in [5, 5.41) is 10.9. The van der Waals surface area contributed by atoms with E-state index in [4.69, 9.17) is 5.11 Å². The van der Waals surface area contributed by atoms with Gasteiger partial charge in [-0.15, -0.1) is 0 Å². The van der Waals surface area contributed by atoms with E-state index in [1.54, 1.807) is 0 Å². The van der Waals surface area contributed by atoms with Crippen molar-refractivity contribution in [2.75, 3.05) is 18.0 Å². The molecule has 1 atom stereocenters. The lowest BCUT2D eigenvalue weighted by molar-refractivity contribution is -0.137. The summed E-state index contributed by atoms with van der Waals surface area (Å²) in [6.45, 7) is 0.371. The largest absolute Gasteiger partial charge is 0.481 e. The molecule has 0 aliphatic carbocycles. The van der Waals surface area contributed by atoms with Crippen LogP contribution in [0.2, 0.25) is 0 Å². The number of carbonyl (C=O) groups is 3. The summed E-state index contributed by atoms with van der Waals surface area (Å²) in [5.41, 5.74) is 0.544. The van der Waals surface area contributed by atoms with Gasteiger partial charge in [-0.3, -0.25) is 14.4 Å². The van der Waals surface area contributed by atoms with Crippen LogP contribution in [0.1, 0.15) is 12.8 Å². The van der Waals surface area contributed by atoms with Crippen molar-refractivity contribution in [1.29, 1.82) is 0 Å². The maximum absolute atomic E-state index is 12.9. The van der Waals surface area contributed by atoms with Gasteiger partial charge < -0.3 is 15.3 Å². The molecule has 2 rings (SSSR count). The van der Waals surface area contributed by atoms with Crippen molar-refractivity contribution in [3.8, 4) is 0 Å². The second-order valence-electron chi connectivity index (χ2n) is 4.74. The molecule has 6 nitrogen and oxygen atoms in total. The summed E-state index contributed by atoms with van der Waals surface area (Å²) in [4.78, 5) is 35.8. The van der Waals surface area contributed by atoms with Crippen LogP contribution in [0, 0.1) is 11.7 Å². The monoisotopic (exact) mass is 294 g/mol. The summed E-state index contributed by atoms with van der Waals surface area (Å²) in [6.07, 6.45) is 0.170. The van der Waals surface area contributed by atoms with Crippen molar-refractivity contribution in [1.82, 2.24) is 5.32 Å². The first-order chi connectivity index (χ1) is 9.99. The zero-order valence-electron chi connectivity index (χ0n) is 11.2. The molecule has 1 fully saturated rings. The minimum atomic E-state index is -1.01. The van der Waals surface area contributed by atoms with Crippen LogP contribution in [0.3, 0.4) is 0 Å². The van der Waals surface area contributed by atoms with Crippen LogP contribution in [0.15, 0.2) is 24.3 Å². The number of benzene rings is 1. The Balaban J connectivity index is 1.96. The van der Waals surface area contributed by atoms with Crippen molar-refractivity contribution in [2.45, 2.75) is 12.8 Å². The van der Waals surface area contributed by atoms with E-state index in [0.717, 1.165) is 0 Å². The molecule has 1 heterocycles. The quantitative estimate of drug-likeness (QED) is 0.785. The van der Waals surface area contributed by atoms with Crippen molar-refractivity contribution < 1.29 is 23.9 Å². The summed E-state index contributed by atoms with van der Waals surface area (Å²) in [6, 6.07) is 5.47. The number of hydrogen-bond acceptors (Lipinski definition) is 3. The normalized spacial score (nSPS) is 17.9. The maximum atomic E-state index is 12.9. The highest BCUT2D eigenvalue weighted by Gasteiger charge is 2.37. The third kappa shape index (κ3) is 3.56. The maximum Gasteiger partial charge on any atom is 0.305 e. The number of aliphatic carboxylic acids is 1. The molecule has 1 aromatic rings. The number of carboxylic acids is 1. The van der Waals surface area contributed by atoms with E-state index in [2.05, 4.69) is 5.32 Å². The first-order valence-corrected chi connectivity index (χ1v) is 6.55. The lowest BCUT2D eigenvalue weighted by atomic mass is 10.1. The zero-order chi connectivity index (χ0) is 15.4. The van der Waals surface area contributed by atoms with Crippen molar-refractivity contribution in [3.05, 3.63) is 30.1 Å². The predicted molar refractivity (Wildman–Crippen MR) is 72.1 cm³/mol. The molecule has 0 aromatic heterocycles. The molecule has 1 aromatic carbocycles. The van der Waals surface area contributed by atoms with Gasteiger partial charge in [0.15, 0.2) is 0 Å². The third-order valence-corrected chi connectivity index (χ3v) is 3.30. The number of halogens is 1. The van der Waals surface area contributed by atoms with Gasteiger partial charge in [-0.05, 0) is 30.7 Å². The van der Waals surface area contributed by atoms with Gasteiger partial charge in [0.1, 0.15) is 11.7 Å². The molecule has 7 heteroatoms. The van der Waals surface area contributed by atoms with Crippen LogP contribution in [0.4, 0.5) is 10.1 Å². The molecule has 0 bridgehead atoms. The fourth-order valence-corrected chi connectivity index (χ4v) is 2.22. The first-order valence-electron chi connectivity index (χ1n) is 6.55. The molecule has 2 N–H and O–H groups in total. The molecule has 1 aliphatic rings. The lowest BCUT2D eigenvalue weighted by Crippen LogP contribution is -2.37. The van der Waals surface area contributed by atoms with E-state index >= 15 is 0 Å². The Morgan fingerprint density at radius 3 is 2.62 bits per heavy atom. The molecule has 21 heavy (non-hydrogen) atoms. The fraction of sp³-hybridized carbons (Fsp3) is 0.357. The number of rotatable bonds is 5. The Morgan fingerprint density at radius 1 is 1.33 bits per heavy atom. The summed E-state index contributed by atoms with van der Waals surface area (Å²) >= 11 is 0. The number of nitrogens with zero attached hydrogens (tertiary/aromatic N) is 1. The van der Waals surface area contributed by atoms with Crippen LogP contribution >= 0.6 is 0 Å². The van der Waals surface area contributed by atoms with Crippen LogP contribution < -0.4 is 10.2 Å². The summed E-state index contributed by atoms with van der Waals surface area (Å²) < 4.78 is 12.9. The van der Waals surface area contributed by atoms with Gasteiger partial charge in [0, 0.05) is 18.8 Å². The second-order valence-corrected chi connectivity index (χ2v) is 4.74. The summed E-state index contributed by atoms with van der Waals surface area (Å²) in [7, 11) is 0. The third-order valence-electron chi connectivity index (χ3n) is 3.30. The van der Waals surface area contributed by atoms with Crippen molar-refractivity contribution in [2.24, 2.45) is 5.92 Å². The molecule has 0 spiro atoms. The number of nitrogens with one attached hydrogen (secondary N) is 1. The summed E-state index contributed by atoms with van der Waals surface area (Å²) in [5.74, 6) is -3.04. The van der Waals surface area contributed by atoms with Crippen LogP contribution in [0.25, 0.3) is 0 Å². The Kier molecular flexibility index (Phi) is 4.52. The first kappa shape index (κ1) is 15.0. The molecule has 1 unspecified atom stereocenters. The minimum Gasteiger partial charge on any atom is -0.481 e. The Hall–Kier alpha value is -2.44. The molecule has 1 aliphatic heterocycles. The van der Waals surface area contributed by atoms with Crippen molar-refractivity contribution in [3.63, 3.8) is 0 Å². The smallest absolute Gasteiger partial charge is 0.305 e. The SMILES string of the molecule is O=C(O)CCNC(=O)C1CCN(c2ccc(F)cc2)C1=O. The van der Waals surface area contributed by atoms with Crippen LogP contribution in [-0.4, -0.2) is 36.0 Å². The topological polar surface area (TPSA) is 86.7 Å². The molecule has 0 radical (unpaired) electrons. The van der Waals surface area contributed by atoms with Gasteiger partial charge >= 0.3 is 5.97 Å². The highest BCUT2D eigenvalue weighted by atomic mass is 19.1. The average molecular weight is 294 g/mol. The second kappa shape index (κ2) is 6.34. The molecule has 1 saturated heterocycles. The number of carboxylic acid groups (broad SMARTS) is 1. The predicted octanol–water partition coefficient (Wildman–Crippen LogP) is 0.769. The number of amides is 2. The number of anilines is 1. The van der Waals surface area contributed by atoms with Gasteiger partial charge in [0.2, 0.25) is 11.8 Å². The number of carbonyl (C=O) groups excluding carboxylic acids is 2. The highest BCUT2D eigenvalue weighted by Crippen LogP contribution is 2.25. The fourth-order valence-electron chi connectivity index (χ4n) is 2.22. The molecule has 2 amide bonds. The Morgan fingerprint density at radius 2 is 2.00 bits per heavy atom. The molecule has 112 valence electrons. The molecular weight excluding hydrogens is 279 g/mol. The lowest BCUT2D eigenvalue weighted by Gasteiger charge is -2.16. The molecule has 0 saturated carbocycles. The standard InChI is InChI=1S/C14H15FN2O4/c15-9-1-3-10(4-2-9)17-8-6-11(14(17)21)13(20)16-7-5-12(18)19/h1-4,11H,5-8H2,(H,16,20)(H,18,19). The van der Waals surface area contributed by atoms with E-state index in [0.29, 0.717) is 18.7 Å². The Bertz CT molecular complexity index is 559. The Labute approximate surface area is 120 Å². The van der Waals surface area contributed by atoms with E-state index in [1.165, 1.54) is 29.2 Å². The van der Waals surface area contributed by atoms with Crippen LogP contribution in [-0.2, 0) is 14.4 Å². The minimum absolute atomic E-state index is 0.00546. The van der Waals surface area contributed by atoms with Gasteiger partial charge in [-0.2, -0.15) is 0 Å². The van der Waals surface area contributed by atoms with E-state index < -0.39 is 23.6 Å². The molecular formula is C14H15FN2O4. The van der Waals surface area contributed by atoms with Gasteiger partial charge in [-0.1, -0.05) is 0 Å². The van der Waals surface area contributed by atoms with Gasteiger partial charge in [0.25, 0.3) is 0 Å². The number of hydrogen-bond donors (Lipinski definition) is 2. The zero-order valence-corrected chi connectivity index (χ0v) is 11.2. The van der Waals surface area contributed by atoms with E-state index in [1.807, 2.05) is 0 Å². The van der Waals surface area contributed by atoms with E-state index in [-0.39, 0.29) is 18.9 Å². The van der Waals surface area contributed by atoms with Gasteiger partial charge in [0.05, 0.1) is 6.42 Å². The van der Waals surface area contributed by atoms with Gasteiger partial charge in [-0.25, -0.2) is 4.39 Å². The van der Waals surface area contributed by atoms with Crippen LogP contribution in [0.5, 0.6) is 0 Å². The van der Waals surface area contributed by atoms with E-state index in [9.17, 15) is 18.8 Å². The highest BCUT2D eigenvalue weighted by molar-refractivity contribution is 6.09. The average Bonchev–Trinajstić information content (AvgIpc) is 2.81.